The van der Waals surface area contributed by atoms with Gasteiger partial charge in [0.05, 0.1) is 12.8 Å². The Morgan fingerprint density at radius 1 is 0.744 bits per heavy atom. The highest BCUT2D eigenvalue weighted by molar-refractivity contribution is 5.97. The average Bonchev–Trinajstić information content (AvgIpc) is 2.93. The SMILES string of the molecule is CC(C)[C@H](NC(=O)[C@H](C)NC(=O)[C@H](CC(N)=O)NC(=O)[C@H](Cc1ccc2ccccc2c1)NC(=O)CCC(=O)O)C(=O)O. The molecule has 0 aliphatic carbocycles. The van der Waals surface area contributed by atoms with Gasteiger partial charge in [-0.25, -0.2) is 4.79 Å². The fraction of sp³-hybridized carbons (Fsp3) is 0.414. The second-order valence-electron chi connectivity index (χ2n) is 10.4. The number of fused-ring (bicyclic) bond motifs is 1. The van der Waals surface area contributed by atoms with Crippen LogP contribution in [0.1, 0.15) is 45.6 Å². The van der Waals surface area contributed by atoms with Crippen molar-refractivity contribution in [1.82, 2.24) is 21.3 Å². The molecule has 0 bridgehead atoms. The van der Waals surface area contributed by atoms with Crippen LogP contribution in [0.5, 0.6) is 0 Å². The Morgan fingerprint density at radius 2 is 1.37 bits per heavy atom. The third kappa shape index (κ3) is 11.1. The Balaban J connectivity index is 2.23. The zero-order valence-corrected chi connectivity index (χ0v) is 24.1. The van der Waals surface area contributed by atoms with E-state index in [-0.39, 0.29) is 6.42 Å². The van der Waals surface area contributed by atoms with Gasteiger partial charge in [0.25, 0.3) is 0 Å². The highest BCUT2D eigenvalue weighted by Crippen LogP contribution is 2.17. The molecule has 5 amide bonds. The van der Waals surface area contributed by atoms with Crippen molar-refractivity contribution in [3.63, 3.8) is 0 Å². The van der Waals surface area contributed by atoms with Crippen LogP contribution in [0.2, 0.25) is 0 Å². The van der Waals surface area contributed by atoms with Gasteiger partial charge in [-0.2, -0.15) is 0 Å². The zero-order valence-electron chi connectivity index (χ0n) is 24.1. The molecule has 232 valence electrons. The van der Waals surface area contributed by atoms with Crippen LogP contribution in [-0.4, -0.2) is 75.9 Å². The van der Waals surface area contributed by atoms with Crippen LogP contribution in [0, 0.1) is 5.92 Å². The lowest BCUT2D eigenvalue weighted by Gasteiger charge is -2.25. The molecule has 0 saturated carbocycles. The summed E-state index contributed by atoms with van der Waals surface area (Å²) >= 11 is 0. The van der Waals surface area contributed by atoms with Gasteiger partial charge in [0, 0.05) is 12.8 Å². The molecule has 0 aliphatic rings. The van der Waals surface area contributed by atoms with Crippen LogP contribution in [0.15, 0.2) is 42.5 Å². The molecule has 14 nitrogen and oxygen atoms in total. The summed E-state index contributed by atoms with van der Waals surface area (Å²) in [5.41, 5.74) is 5.94. The molecule has 0 heterocycles. The lowest BCUT2D eigenvalue weighted by molar-refractivity contribution is -0.143. The Hall–Kier alpha value is -5.01. The smallest absolute Gasteiger partial charge is 0.326 e. The molecule has 0 spiro atoms. The summed E-state index contributed by atoms with van der Waals surface area (Å²) in [6.45, 7) is 4.48. The van der Waals surface area contributed by atoms with Gasteiger partial charge >= 0.3 is 11.9 Å². The van der Waals surface area contributed by atoms with Crippen molar-refractivity contribution in [3.8, 4) is 0 Å². The minimum absolute atomic E-state index is 0.0367. The molecule has 4 atom stereocenters. The zero-order chi connectivity index (χ0) is 32.3. The van der Waals surface area contributed by atoms with Crippen LogP contribution < -0.4 is 27.0 Å². The second-order valence-corrected chi connectivity index (χ2v) is 10.4. The molecule has 0 aromatic heterocycles. The van der Waals surface area contributed by atoms with Gasteiger partial charge in [-0.05, 0) is 29.2 Å². The van der Waals surface area contributed by atoms with Gasteiger partial charge in [0.2, 0.25) is 29.5 Å². The van der Waals surface area contributed by atoms with E-state index in [4.69, 9.17) is 10.8 Å². The Labute approximate surface area is 247 Å². The van der Waals surface area contributed by atoms with Gasteiger partial charge < -0.3 is 37.2 Å². The van der Waals surface area contributed by atoms with E-state index in [0.29, 0.717) is 5.56 Å². The quantitative estimate of drug-likeness (QED) is 0.135. The first-order chi connectivity index (χ1) is 20.2. The van der Waals surface area contributed by atoms with Gasteiger partial charge in [-0.3, -0.25) is 28.8 Å². The summed E-state index contributed by atoms with van der Waals surface area (Å²) < 4.78 is 0. The molecular weight excluding hydrogens is 562 g/mol. The summed E-state index contributed by atoms with van der Waals surface area (Å²) in [5.74, 6) is -7.19. The standard InChI is InChI=1S/C29H37N5O9/c1-15(2)25(29(42)43)34-26(39)16(3)31-27(40)21(14-22(30)35)33-28(41)20(32-23(36)10-11-24(37)38)13-17-8-9-18-6-4-5-7-19(18)12-17/h4-9,12,15-16,20-21,25H,10-11,13-14H2,1-3H3,(H2,30,35)(H,31,40)(H,32,36)(H,33,41)(H,34,39)(H,37,38)(H,42,43)/t16-,20-,21-,25-/m0/s1. The third-order valence-corrected chi connectivity index (χ3v) is 6.49. The van der Waals surface area contributed by atoms with Crippen LogP contribution >= 0.6 is 0 Å². The number of rotatable bonds is 16. The van der Waals surface area contributed by atoms with Crippen molar-refractivity contribution >= 4 is 52.2 Å². The number of nitrogens with one attached hydrogen (secondary N) is 4. The fourth-order valence-electron chi connectivity index (χ4n) is 4.15. The summed E-state index contributed by atoms with van der Waals surface area (Å²) in [5, 5.41) is 29.6. The summed E-state index contributed by atoms with van der Waals surface area (Å²) in [4.78, 5) is 85.5. The van der Waals surface area contributed by atoms with Crippen molar-refractivity contribution < 1.29 is 43.8 Å². The minimum atomic E-state index is -1.55. The lowest BCUT2D eigenvalue weighted by atomic mass is 10.0. The lowest BCUT2D eigenvalue weighted by Crippen LogP contribution is -2.58. The van der Waals surface area contributed by atoms with E-state index in [1.807, 2.05) is 36.4 Å². The monoisotopic (exact) mass is 599 g/mol. The summed E-state index contributed by atoms with van der Waals surface area (Å²) in [6, 6.07) is 7.58. The number of nitrogens with two attached hydrogens (primary N) is 1. The number of hydrogen-bond acceptors (Lipinski definition) is 7. The second kappa shape index (κ2) is 15.8. The number of carbonyl (C=O) groups excluding carboxylic acids is 5. The highest BCUT2D eigenvalue weighted by atomic mass is 16.4. The van der Waals surface area contributed by atoms with Crippen molar-refractivity contribution in [3.05, 3.63) is 48.0 Å². The molecule has 0 unspecified atom stereocenters. The van der Waals surface area contributed by atoms with Crippen LogP contribution in [0.4, 0.5) is 0 Å². The van der Waals surface area contributed by atoms with Crippen molar-refractivity contribution in [2.75, 3.05) is 0 Å². The first kappa shape index (κ1) is 34.2. The number of amides is 5. The van der Waals surface area contributed by atoms with Gasteiger partial charge in [-0.15, -0.1) is 0 Å². The maximum atomic E-state index is 13.4. The molecular formula is C29H37N5O9. The van der Waals surface area contributed by atoms with E-state index in [9.17, 15) is 38.7 Å². The number of carboxylic acid groups (broad SMARTS) is 2. The number of benzene rings is 2. The van der Waals surface area contributed by atoms with Crippen LogP contribution in [0.3, 0.4) is 0 Å². The predicted molar refractivity (Wildman–Crippen MR) is 154 cm³/mol. The van der Waals surface area contributed by atoms with Crippen LogP contribution in [-0.2, 0) is 40.0 Å². The first-order valence-electron chi connectivity index (χ1n) is 13.6. The average molecular weight is 600 g/mol. The normalized spacial score (nSPS) is 13.7. The van der Waals surface area contributed by atoms with E-state index < -0.39 is 90.8 Å². The van der Waals surface area contributed by atoms with E-state index in [2.05, 4.69) is 21.3 Å². The Bertz CT molecular complexity index is 1380. The van der Waals surface area contributed by atoms with E-state index in [1.54, 1.807) is 19.9 Å². The predicted octanol–water partition coefficient (Wildman–Crippen LogP) is -0.178. The topological polar surface area (TPSA) is 234 Å². The molecule has 2 aromatic rings. The molecule has 43 heavy (non-hydrogen) atoms. The fourth-order valence-corrected chi connectivity index (χ4v) is 4.15. The summed E-state index contributed by atoms with van der Waals surface area (Å²) in [6.07, 6.45) is -1.55. The first-order valence-corrected chi connectivity index (χ1v) is 13.6. The molecule has 0 radical (unpaired) electrons. The molecule has 0 fully saturated rings. The number of aliphatic carboxylic acids is 2. The van der Waals surface area contributed by atoms with E-state index in [0.717, 1.165) is 10.8 Å². The van der Waals surface area contributed by atoms with Gasteiger partial charge in [0.15, 0.2) is 0 Å². The molecule has 2 rings (SSSR count). The number of primary amides is 1. The maximum absolute atomic E-state index is 13.4. The molecule has 8 N–H and O–H groups in total. The van der Waals surface area contributed by atoms with Crippen molar-refractivity contribution in [1.29, 1.82) is 0 Å². The van der Waals surface area contributed by atoms with Gasteiger partial charge in [-0.1, -0.05) is 56.3 Å². The Morgan fingerprint density at radius 3 is 1.95 bits per heavy atom. The summed E-state index contributed by atoms with van der Waals surface area (Å²) in [7, 11) is 0. The largest absolute Gasteiger partial charge is 0.481 e. The van der Waals surface area contributed by atoms with E-state index in [1.165, 1.54) is 6.92 Å². The maximum Gasteiger partial charge on any atom is 0.326 e. The van der Waals surface area contributed by atoms with E-state index >= 15 is 0 Å². The van der Waals surface area contributed by atoms with Crippen molar-refractivity contribution in [2.24, 2.45) is 11.7 Å². The van der Waals surface area contributed by atoms with Crippen molar-refractivity contribution in [2.45, 2.75) is 70.6 Å². The minimum Gasteiger partial charge on any atom is -0.481 e. The highest BCUT2D eigenvalue weighted by Gasteiger charge is 2.31. The molecule has 2 aromatic carbocycles. The number of carbonyl (C=O) groups is 7. The molecule has 0 saturated heterocycles. The molecule has 14 heteroatoms. The number of carboxylic acids is 2. The van der Waals surface area contributed by atoms with Gasteiger partial charge in [0.1, 0.15) is 24.2 Å². The van der Waals surface area contributed by atoms with Crippen LogP contribution in [0.25, 0.3) is 10.8 Å². The third-order valence-electron chi connectivity index (χ3n) is 6.49. The Kier molecular flexibility index (Phi) is 12.6. The molecule has 0 aliphatic heterocycles. The number of hydrogen-bond donors (Lipinski definition) is 7.